The number of aldehydes is 1. The third kappa shape index (κ3) is 10.5. The Morgan fingerprint density at radius 1 is 1.17 bits per heavy atom. The maximum atomic E-state index is 8.81. The molecular formula is C27H43N11O2S. The molecule has 1 aliphatic rings. The van der Waals surface area contributed by atoms with Crippen LogP contribution >= 0.6 is 11.8 Å². The number of rotatable bonds is 10. The van der Waals surface area contributed by atoms with Crippen LogP contribution in [0.5, 0.6) is 5.75 Å². The summed E-state index contributed by atoms with van der Waals surface area (Å²) in [5.74, 6) is 2.69. The summed E-state index contributed by atoms with van der Waals surface area (Å²) in [6.45, 7) is 12.1. The van der Waals surface area contributed by atoms with E-state index in [0.29, 0.717) is 29.1 Å². The first-order valence-electron chi connectivity index (χ1n) is 13.5. The number of hydrogen-bond acceptors (Lipinski definition) is 11. The minimum absolute atomic E-state index is 0.122. The van der Waals surface area contributed by atoms with Crippen LogP contribution in [0.3, 0.4) is 0 Å². The molecule has 0 atom stereocenters. The average molecular weight is 586 g/mol. The number of nitrogens with one attached hydrogen (secondary N) is 3. The molecule has 14 heteroatoms. The number of methoxy groups -OCH3 is 1. The summed E-state index contributed by atoms with van der Waals surface area (Å²) < 4.78 is 5.82. The standard InChI is InChI=1S/C23H33N11OS.C2H4O.C2H6/c1-15-14-18(32-31-15)28-20-19(35-3)21(34-12-10-33(11-13-34)9-8-27-22(24)25)30-23(29-20)36-17-6-4-16(26-2)5-7-17;1-2-3;1-2/h4-7,14,26H,8-13H2,1-3H3,(H4,24,25,27)(H2,28,29,30,31,32);2H,1H3;1-2H3. The highest BCUT2D eigenvalue weighted by Crippen LogP contribution is 2.38. The van der Waals surface area contributed by atoms with E-state index >= 15 is 0 Å². The van der Waals surface area contributed by atoms with E-state index in [1.54, 1.807) is 7.11 Å². The Bertz CT molecular complexity index is 1220. The molecule has 0 amide bonds. The lowest BCUT2D eigenvalue weighted by Crippen LogP contribution is -2.47. The molecular weight excluding hydrogens is 542 g/mol. The van der Waals surface area contributed by atoms with E-state index in [4.69, 9.17) is 31.0 Å². The van der Waals surface area contributed by atoms with Crippen molar-refractivity contribution in [3.05, 3.63) is 36.0 Å². The van der Waals surface area contributed by atoms with Crippen molar-refractivity contribution in [1.29, 1.82) is 0 Å². The number of nitrogens with zero attached hydrogens (tertiary/aromatic N) is 6. The summed E-state index contributed by atoms with van der Waals surface area (Å²) in [4.78, 5) is 28.2. The van der Waals surface area contributed by atoms with E-state index in [2.05, 4.69) is 35.6 Å². The topological polar surface area (TPSA) is 176 Å². The van der Waals surface area contributed by atoms with Crippen molar-refractivity contribution in [3.63, 3.8) is 0 Å². The Balaban J connectivity index is 0.00000110. The van der Waals surface area contributed by atoms with Gasteiger partial charge >= 0.3 is 0 Å². The molecule has 41 heavy (non-hydrogen) atoms. The van der Waals surface area contributed by atoms with Crippen molar-refractivity contribution in [3.8, 4) is 5.75 Å². The van der Waals surface area contributed by atoms with Gasteiger partial charge < -0.3 is 36.5 Å². The normalized spacial score (nSPS) is 12.7. The van der Waals surface area contributed by atoms with Crippen molar-refractivity contribution >= 4 is 47.1 Å². The van der Waals surface area contributed by atoms with Crippen LogP contribution in [-0.4, -0.2) is 90.7 Å². The SMILES string of the molecule is CC.CC=O.CNc1ccc(Sc2nc(Nc3cc(C)[nH]n3)c(OC)c(N3CCN(CCN=C(N)N)CC3)n2)cc1. The fourth-order valence-corrected chi connectivity index (χ4v) is 4.61. The molecule has 0 spiro atoms. The Kier molecular flexibility index (Phi) is 14.2. The quantitative estimate of drug-likeness (QED) is 0.102. The van der Waals surface area contributed by atoms with Gasteiger partial charge in [-0.2, -0.15) is 5.10 Å². The lowest BCUT2D eigenvalue weighted by atomic mass is 10.3. The smallest absolute Gasteiger partial charge is 0.204 e. The van der Waals surface area contributed by atoms with E-state index in [1.807, 2.05) is 58.2 Å². The van der Waals surface area contributed by atoms with Gasteiger partial charge in [0.05, 0.1) is 13.7 Å². The van der Waals surface area contributed by atoms with Gasteiger partial charge in [-0.3, -0.25) is 15.0 Å². The molecule has 1 saturated heterocycles. The van der Waals surface area contributed by atoms with Crippen LogP contribution < -0.4 is 31.7 Å². The van der Waals surface area contributed by atoms with Crippen LogP contribution in [-0.2, 0) is 4.79 Å². The lowest BCUT2D eigenvalue weighted by molar-refractivity contribution is -0.106. The molecule has 0 saturated carbocycles. The number of carbonyl (C=O) groups is 1. The minimum atomic E-state index is 0.122. The largest absolute Gasteiger partial charge is 0.490 e. The minimum Gasteiger partial charge on any atom is -0.490 e. The van der Waals surface area contributed by atoms with Gasteiger partial charge in [0.2, 0.25) is 5.75 Å². The van der Waals surface area contributed by atoms with Gasteiger partial charge in [0.1, 0.15) is 6.29 Å². The summed E-state index contributed by atoms with van der Waals surface area (Å²) in [5.41, 5.74) is 12.9. The summed E-state index contributed by atoms with van der Waals surface area (Å²) >= 11 is 1.50. The highest BCUT2D eigenvalue weighted by atomic mass is 32.2. The number of aryl methyl sites for hydroxylation is 1. The lowest BCUT2D eigenvalue weighted by Gasteiger charge is -2.35. The zero-order valence-corrected chi connectivity index (χ0v) is 25.6. The number of guanidine groups is 1. The number of benzene rings is 1. The van der Waals surface area contributed by atoms with Crippen LogP contribution in [0.1, 0.15) is 26.5 Å². The molecule has 1 fully saturated rings. The fourth-order valence-electron chi connectivity index (χ4n) is 3.85. The Hall–Kier alpha value is -4.04. The second-order valence-corrected chi connectivity index (χ2v) is 9.56. The number of ether oxygens (including phenoxy) is 1. The summed E-state index contributed by atoms with van der Waals surface area (Å²) in [7, 11) is 3.54. The van der Waals surface area contributed by atoms with Crippen molar-refractivity contribution in [1.82, 2.24) is 25.1 Å². The molecule has 1 aromatic carbocycles. The predicted molar refractivity (Wildman–Crippen MR) is 168 cm³/mol. The maximum Gasteiger partial charge on any atom is 0.204 e. The van der Waals surface area contributed by atoms with E-state index in [9.17, 15) is 0 Å². The molecule has 3 heterocycles. The van der Waals surface area contributed by atoms with E-state index < -0.39 is 0 Å². The number of nitrogens with two attached hydrogens (primary N) is 2. The predicted octanol–water partition coefficient (Wildman–Crippen LogP) is 3.08. The van der Waals surface area contributed by atoms with Gasteiger partial charge in [-0.05, 0) is 49.9 Å². The average Bonchev–Trinajstić information content (AvgIpc) is 3.39. The number of H-pyrrole nitrogens is 1. The monoisotopic (exact) mass is 585 g/mol. The number of aromatic amines is 1. The first-order valence-corrected chi connectivity index (χ1v) is 14.3. The molecule has 7 N–H and O–H groups in total. The second-order valence-electron chi connectivity index (χ2n) is 8.52. The van der Waals surface area contributed by atoms with Crippen molar-refractivity contribution in [2.24, 2.45) is 16.5 Å². The van der Waals surface area contributed by atoms with Gasteiger partial charge in [-0.1, -0.05) is 13.8 Å². The number of anilines is 4. The van der Waals surface area contributed by atoms with Crippen LogP contribution in [0, 0.1) is 6.92 Å². The highest BCUT2D eigenvalue weighted by Gasteiger charge is 2.25. The number of aliphatic imine (C=N–C) groups is 1. The van der Waals surface area contributed by atoms with Gasteiger partial charge in [0, 0.05) is 62.1 Å². The van der Waals surface area contributed by atoms with Gasteiger partial charge in [-0.15, -0.1) is 0 Å². The molecule has 224 valence electrons. The van der Waals surface area contributed by atoms with Crippen molar-refractivity contribution in [2.75, 3.05) is 69.0 Å². The summed E-state index contributed by atoms with van der Waals surface area (Å²) in [6, 6.07) is 10.1. The van der Waals surface area contributed by atoms with E-state index in [-0.39, 0.29) is 5.96 Å². The van der Waals surface area contributed by atoms with Crippen LogP contribution in [0.4, 0.5) is 23.1 Å². The zero-order chi connectivity index (χ0) is 30.2. The number of carbonyl (C=O) groups excluding carboxylic acids is 1. The molecule has 0 unspecified atom stereocenters. The molecule has 13 nitrogen and oxygen atoms in total. The number of hydrogen-bond donors (Lipinski definition) is 5. The highest BCUT2D eigenvalue weighted by molar-refractivity contribution is 7.99. The Labute approximate surface area is 246 Å². The second kappa shape index (κ2) is 17.6. The zero-order valence-electron chi connectivity index (χ0n) is 24.8. The molecule has 0 radical (unpaired) electrons. The van der Waals surface area contributed by atoms with Crippen LogP contribution in [0.25, 0.3) is 0 Å². The van der Waals surface area contributed by atoms with Crippen LogP contribution in [0.15, 0.2) is 45.4 Å². The Morgan fingerprint density at radius 3 is 2.37 bits per heavy atom. The van der Waals surface area contributed by atoms with Crippen molar-refractivity contribution < 1.29 is 9.53 Å². The molecule has 2 aromatic heterocycles. The number of piperazine rings is 1. The summed E-state index contributed by atoms with van der Waals surface area (Å²) in [6.07, 6.45) is 0.750. The molecule has 4 rings (SSSR count). The fraction of sp³-hybridized carbons (Fsp3) is 0.444. The first-order chi connectivity index (χ1) is 19.9. The first kappa shape index (κ1) is 33.2. The molecule has 0 aliphatic carbocycles. The van der Waals surface area contributed by atoms with Crippen molar-refractivity contribution in [2.45, 2.75) is 37.7 Å². The third-order valence-corrected chi connectivity index (χ3v) is 6.59. The number of aromatic nitrogens is 4. The van der Waals surface area contributed by atoms with Crippen LogP contribution in [0.2, 0.25) is 0 Å². The molecule has 0 bridgehead atoms. The Morgan fingerprint density at radius 2 is 1.83 bits per heavy atom. The maximum absolute atomic E-state index is 8.81. The molecule has 3 aromatic rings. The third-order valence-electron chi connectivity index (χ3n) is 5.72. The summed E-state index contributed by atoms with van der Waals surface area (Å²) in [5, 5.41) is 14.3. The van der Waals surface area contributed by atoms with E-state index in [1.165, 1.54) is 18.7 Å². The molecule has 1 aliphatic heterocycles. The van der Waals surface area contributed by atoms with Gasteiger partial charge in [0.15, 0.2) is 28.6 Å². The van der Waals surface area contributed by atoms with Gasteiger partial charge in [0.25, 0.3) is 0 Å². The van der Waals surface area contributed by atoms with Gasteiger partial charge in [-0.25, -0.2) is 9.97 Å². The van der Waals surface area contributed by atoms with E-state index in [0.717, 1.165) is 61.1 Å².